The Kier molecular flexibility index (Phi) is 7.22. The fraction of sp³-hybridized carbons (Fsp3) is 0.200. The van der Waals surface area contributed by atoms with E-state index in [-0.39, 0.29) is 12.5 Å². The highest BCUT2D eigenvalue weighted by molar-refractivity contribution is 5.92. The lowest BCUT2D eigenvalue weighted by atomic mass is 10.00. The highest BCUT2D eigenvalue weighted by Crippen LogP contribution is 2.19. The van der Waals surface area contributed by atoms with E-state index in [4.69, 9.17) is 9.47 Å². The molecule has 0 unspecified atom stereocenters. The molecule has 0 bridgehead atoms. The van der Waals surface area contributed by atoms with Gasteiger partial charge in [-0.05, 0) is 29.7 Å². The van der Waals surface area contributed by atoms with Crippen molar-refractivity contribution in [2.24, 2.45) is 0 Å². The molecule has 30 heavy (non-hydrogen) atoms. The predicted octanol–water partition coefficient (Wildman–Crippen LogP) is 4.10. The number of nitrogens with zero attached hydrogens (tertiary/aromatic N) is 1. The molecule has 0 fully saturated rings. The van der Waals surface area contributed by atoms with Crippen molar-refractivity contribution in [2.75, 3.05) is 20.8 Å². The number of methoxy groups -OCH3 is 1. The summed E-state index contributed by atoms with van der Waals surface area (Å²) in [5.74, 6) is -0.0700. The maximum Gasteiger partial charge on any atom is 0.338 e. The summed E-state index contributed by atoms with van der Waals surface area (Å²) in [5, 5.41) is 0. The highest BCUT2D eigenvalue weighted by atomic mass is 16.5. The average molecular weight is 403 g/mol. The minimum Gasteiger partial charge on any atom is -0.496 e. The van der Waals surface area contributed by atoms with E-state index in [9.17, 15) is 9.59 Å². The first kappa shape index (κ1) is 21.1. The number of rotatable bonds is 8. The summed E-state index contributed by atoms with van der Waals surface area (Å²) in [6.45, 7) is 0.0507. The van der Waals surface area contributed by atoms with Crippen LogP contribution in [0.3, 0.4) is 0 Å². The van der Waals surface area contributed by atoms with Gasteiger partial charge in [0.2, 0.25) is 0 Å². The Morgan fingerprint density at radius 3 is 2.20 bits per heavy atom. The van der Waals surface area contributed by atoms with Gasteiger partial charge in [-0.1, -0.05) is 66.7 Å². The van der Waals surface area contributed by atoms with E-state index >= 15 is 0 Å². The first-order valence-corrected chi connectivity index (χ1v) is 9.73. The lowest BCUT2D eigenvalue weighted by Gasteiger charge is -2.19. The largest absolute Gasteiger partial charge is 0.496 e. The molecule has 0 radical (unpaired) electrons. The zero-order chi connectivity index (χ0) is 21.3. The molecular weight excluding hydrogens is 378 g/mol. The zero-order valence-electron chi connectivity index (χ0n) is 17.2. The van der Waals surface area contributed by atoms with Crippen molar-refractivity contribution in [1.29, 1.82) is 0 Å². The molecule has 3 aromatic rings. The molecule has 0 aliphatic carbocycles. The Balaban J connectivity index is 1.61. The summed E-state index contributed by atoms with van der Waals surface area (Å²) in [5.41, 5.74) is 3.32. The van der Waals surface area contributed by atoms with Crippen molar-refractivity contribution < 1.29 is 19.1 Å². The molecule has 0 saturated heterocycles. The van der Waals surface area contributed by atoms with Crippen molar-refractivity contribution in [1.82, 2.24) is 4.90 Å². The Hall–Kier alpha value is -3.60. The van der Waals surface area contributed by atoms with E-state index in [1.807, 2.05) is 66.7 Å². The Bertz CT molecular complexity index is 1000. The number of benzene rings is 3. The third kappa shape index (κ3) is 5.47. The number of hydrogen-bond acceptors (Lipinski definition) is 4. The number of hydrogen-bond donors (Lipinski definition) is 0. The van der Waals surface area contributed by atoms with Gasteiger partial charge in [-0.2, -0.15) is 0 Å². The number of likely N-dealkylation sites (N-methyl/N-ethyl adjacent to an activating group) is 1. The minimum absolute atomic E-state index is 0.283. The van der Waals surface area contributed by atoms with Crippen LogP contribution >= 0.6 is 0 Å². The quantitative estimate of drug-likeness (QED) is 0.532. The number of esters is 1. The summed E-state index contributed by atoms with van der Waals surface area (Å²) in [6.07, 6.45) is 0.619. The van der Waals surface area contributed by atoms with Gasteiger partial charge >= 0.3 is 5.97 Å². The van der Waals surface area contributed by atoms with E-state index in [1.165, 1.54) is 4.90 Å². The lowest BCUT2D eigenvalue weighted by Crippen LogP contribution is -2.31. The number of ether oxygens (including phenoxy) is 2. The molecule has 1 amide bonds. The molecule has 0 spiro atoms. The molecule has 5 nitrogen and oxygen atoms in total. The van der Waals surface area contributed by atoms with Crippen LogP contribution in [0.1, 0.15) is 27.0 Å². The molecule has 5 heteroatoms. The highest BCUT2D eigenvalue weighted by Gasteiger charge is 2.17. The van der Waals surface area contributed by atoms with Crippen molar-refractivity contribution in [3.05, 3.63) is 101 Å². The van der Waals surface area contributed by atoms with Gasteiger partial charge in [-0.25, -0.2) is 4.79 Å². The molecule has 0 atom stereocenters. The maximum atomic E-state index is 12.6. The molecule has 0 saturated carbocycles. The smallest absolute Gasteiger partial charge is 0.338 e. The van der Waals surface area contributed by atoms with Gasteiger partial charge in [0.1, 0.15) is 5.75 Å². The van der Waals surface area contributed by atoms with Gasteiger partial charge in [0.25, 0.3) is 5.91 Å². The van der Waals surface area contributed by atoms with Gasteiger partial charge in [-0.3, -0.25) is 4.79 Å². The van der Waals surface area contributed by atoms with Gasteiger partial charge in [0, 0.05) is 19.2 Å². The molecule has 3 aromatic carbocycles. The van der Waals surface area contributed by atoms with Crippen molar-refractivity contribution in [3.8, 4) is 5.75 Å². The first-order chi connectivity index (χ1) is 14.6. The van der Waals surface area contributed by atoms with E-state index < -0.39 is 5.97 Å². The minimum atomic E-state index is -0.499. The molecule has 0 heterocycles. The first-order valence-electron chi connectivity index (χ1n) is 9.73. The summed E-state index contributed by atoms with van der Waals surface area (Å²) >= 11 is 0. The van der Waals surface area contributed by atoms with E-state index in [0.29, 0.717) is 24.3 Å². The molecular formula is C25H25NO4. The third-order valence-electron chi connectivity index (χ3n) is 4.83. The summed E-state index contributed by atoms with van der Waals surface area (Å²) in [4.78, 5) is 26.6. The molecule has 0 aromatic heterocycles. The number of amides is 1. The van der Waals surface area contributed by atoms with Crippen LogP contribution < -0.4 is 4.74 Å². The maximum absolute atomic E-state index is 12.6. The molecule has 0 N–H and O–H groups in total. The molecule has 3 rings (SSSR count). The van der Waals surface area contributed by atoms with Gasteiger partial charge < -0.3 is 14.4 Å². The van der Waals surface area contributed by atoms with Crippen molar-refractivity contribution in [3.63, 3.8) is 0 Å². The Labute approximate surface area is 176 Å². The van der Waals surface area contributed by atoms with Crippen LogP contribution in [-0.4, -0.2) is 37.5 Å². The summed E-state index contributed by atoms with van der Waals surface area (Å²) in [7, 11) is 3.27. The van der Waals surface area contributed by atoms with Crippen molar-refractivity contribution >= 4 is 11.9 Å². The molecule has 0 aliphatic rings. The van der Waals surface area contributed by atoms with Crippen molar-refractivity contribution in [2.45, 2.75) is 13.0 Å². The van der Waals surface area contributed by atoms with Crippen LogP contribution in [0.15, 0.2) is 78.9 Å². The van der Waals surface area contributed by atoms with Crippen LogP contribution in [0.4, 0.5) is 0 Å². The van der Waals surface area contributed by atoms with Crippen LogP contribution in [0.2, 0.25) is 0 Å². The van der Waals surface area contributed by atoms with E-state index in [2.05, 4.69) is 0 Å². The Morgan fingerprint density at radius 1 is 0.833 bits per heavy atom. The normalized spacial score (nSPS) is 10.3. The zero-order valence-corrected chi connectivity index (χ0v) is 17.2. The number of carbonyl (C=O) groups is 2. The topological polar surface area (TPSA) is 55.8 Å². The monoisotopic (exact) mass is 403 g/mol. The number of carbonyl (C=O) groups excluding carboxylic acids is 2. The molecule has 0 aliphatic heterocycles. The standard InChI is InChI=1S/C25H25NO4/c1-26(17-21-13-7-9-15-23(21)29-2)24(27)18-30-25(28)22-14-8-6-12-20(22)16-19-10-4-3-5-11-19/h3-15H,16-18H2,1-2H3. The fourth-order valence-electron chi connectivity index (χ4n) is 3.18. The second-order valence-electron chi connectivity index (χ2n) is 6.96. The number of para-hydroxylation sites is 1. The SMILES string of the molecule is COc1ccccc1CN(C)C(=O)COC(=O)c1ccccc1Cc1ccccc1. The second-order valence-corrected chi connectivity index (χ2v) is 6.96. The van der Waals surface area contributed by atoms with Crippen LogP contribution in [0.5, 0.6) is 5.75 Å². The van der Waals surface area contributed by atoms with Crippen LogP contribution in [-0.2, 0) is 22.5 Å². The van der Waals surface area contributed by atoms with Crippen LogP contribution in [0.25, 0.3) is 0 Å². The van der Waals surface area contributed by atoms with Gasteiger partial charge in [0.05, 0.1) is 12.7 Å². The van der Waals surface area contributed by atoms with Crippen LogP contribution in [0, 0.1) is 0 Å². The summed E-state index contributed by atoms with van der Waals surface area (Å²) < 4.78 is 10.6. The second kappa shape index (κ2) is 10.3. The average Bonchev–Trinajstić information content (AvgIpc) is 2.78. The molecule has 154 valence electrons. The summed E-state index contributed by atoms with van der Waals surface area (Å²) in [6, 6.07) is 24.7. The van der Waals surface area contributed by atoms with Gasteiger partial charge in [-0.15, -0.1) is 0 Å². The third-order valence-corrected chi connectivity index (χ3v) is 4.83. The predicted molar refractivity (Wildman–Crippen MR) is 115 cm³/mol. The van der Waals surface area contributed by atoms with E-state index in [0.717, 1.165) is 16.7 Å². The van der Waals surface area contributed by atoms with Gasteiger partial charge in [0.15, 0.2) is 6.61 Å². The Morgan fingerprint density at radius 2 is 1.47 bits per heavy atom. The lowest BCUT2D eigenvalue weighted by molar-refractivity contribution is -0.133. The fourth-order valence-corrected chi connectivity index (χ4v) is 3.18. The van der Waals surface area contributed by atoms with E-state index in [1.54, 1.807) is 26.3 Å².